The first-order valence-electron chi connectivity index (χ1n) is 13.0. The Labute approximate surface area is 214 Å². The molecule has 4 aromatic rings. The smallest absolute Gasteiger partial charge is 0.317 e. The summed E-state index contributed by atoms with van der Waals surface area (Å²) in [5.74, 6) is 0.798. The number of rotatable bonds is 5. The molecular weight excluding hydrogens is 469 g/mol. The first kappa shape index (κ1) is 23.4. The monoisotopic (exact) mass is 499 g/mol. The fourth-order valence-corrected chi connectivity index (χ4v) is 5.41. The maximum atomic E-state index is 14.0. The van der Waals surface area contributed by atoms with Gasteiger partial charge in [-0.1, -0.05) is 30.3 Å². The topological polar surface area (TPSA) is 98.8 Å². The number of benzene rings is 1. The number of nitrogens with zero attached hydrogens (tertiary/aromatic N) is 4. The summed E-state index contributed by atoms with van der Waals surface area (Å²) in [4.78, 5) is 31.5. The third kappa shape index (κ3) is 5.12. The molecule has 190 valence electrons. The fourth-order valence-electron chi connectivity index (χ4n) is 5.41. The van der Waals surface area contributed by atoms with Gasteiger partial charge >= 0.3 is 6.03 Å². The number of amides is 2. The van der Waals surface area contributed by atoms with Crippen LogP contribution in [0.3, 0.4) is 0 Å². The Morgan fingerprint density at radius 1 is 1.03 bits per heavy atom. The van der Waals surface area contributed by atoms with E-state index in [0.29, 0.717) is 28.2 Å². The van der Waals surface area contributed by atoms with E-state index in [2.05, 4.69) is 20.6 Å². The summed E-state index contributed by atoms with van der Waals surface area (Å²) in [6.45, 7) is 1.69. The van der Waals surface area contributed by atoms with E-state index < -0.39 is 5.82 Å². The van der Waals surface area contributed by atoms with Crippen LogP contribution in [-0.4, -0.2) is 56.0 Å². The van der Waals surface area contributed by atoms with E-state index >= 15 is 0 Å². The van der Waals surface area contributed by atoms with Gasteiger partial charge in [-0.3, -0.25) is 0 Å². The molecule has 0 spiro atoms. The standard InChI is InChI=1S/C28H30FN7O/c29-19-13-22-23(17-31-26(22)30-16-19)27-34-24(18-7-2-1-3-8-18)15-25(35-27)32-20-9-6-10-21(14-20)33-28(37)36-11-4-5-12-36/h1-3,7-8,13,15-17,20-21H,4-6,9-12,14H2,(H,30,31)(H,33,37)(H,32,34,35). The van der Waals surface area contributed by atoms with Crippen LogP contribution in [0.25, 0.3) is 33.7 Å². The van der Waals surface area contributed by atoms with E-state index in [-0.39, 0.29) is 18.1 Å². The lowest BCUT2D eigenvalue weighted by Crippen LogP contribution is -2.47. The summed E-state index contributed by atoms with van der Waals surface area (Å²) in [6.07, 6.45) is 8.98. The van der Waals surface area contributed by atoms with Crippen molar-refractivity contribution in [1.82, 2.24) is 30.2 Å². The number of aromatic nitrogens is 4. The van der Waals surface area contributed by atoms with Crippen LogP contribution < -0.4 is 10.6 Å². The van der Waals surface area contributed by atoms with E-state index in [9.17, 15) is 9.18 Å². The summed E-state index contributed by atoms with van der Waals surface area (Å²) in [5, 5.41) is 7.49. The van der Waals surface area contributed by atoms with Crippen molar-refractivity contribution in [2.24, 2.45) is 0 Å². The lowest BCUT2D eigenvalue weighted by molar-refractivity contribution is 0.200. The Balaban J connectivity index is 1.28. The minimum Gasteiger partial charge on any atom is -0.367 e. The highest BCUT2D eigenvalue weighted by molar-refractivity contribution is 5.92. The van der Waals surface area contributed by atoms with Gasteiger partial charge in [0.2, 0.25) is 0 Å². The van der Waals surface area contributed by atoms with Gasteiger partial charge in [-0.25, -0.2) is 24.1 Å². The summed E-state index contributed by atoms with van der Waals surface area (Å²) in [5.41, 5.74) is 3.03. The second-order valence-corrected chi connectivity index (χ2v) is 9.93. The van der Waals surface area contributed by atoms with Gasteiger partial charge in [-0.2, -0.15) is 0 Å². The highest BCUT2D eigenvalue weighted by Gasteiger charge is 2.26. The van der Waals surface area contributed by atoms with E-state index in [4.69, 9.17) is 9.97 Å². The third-order valence-electron chi connectivity index (χ3n) is 7.28. The van der Waals surface area contributed by atoms with Gasteiger partial charge in [0.15, 0.2) is 5.82 Å². The Morgan fingerprint density at radius 2 is 1.84 bits per heavy atom. The van der Waals surface area contributed by atoms with Crippen LogP contribution in [0.4, 0.5) is 15.0 Å². The number of nitrogens with one attached hydrogen (secondary N) is 3. The number of aromatic amines is 1. The van der Waals surface area contributed by atoms with Crippen molar-refractivity contribution < 1.29 is 9.18 Å². The number of carbonyl (C=O) groups excluding carboxylic acids is 1. The number of likely N-dealkylation sites (tertiary alicyclic amines) is 1. The molecule has 9 heteroatoms. The molecule has 2 aliphatic rings. The van der Waals surface area contributed by atoms with Crippen molar-refractivity contribution >= 4 is 22.9 Å². The molecule has 1 saturated carbocycles. The van der Waals surface area contributed by atoms with E-state index in [1.54, 1.807) is 6.20 Å². The molecule has 8 nitrogen and oxygen atoms in total. The molecule has 3 N–H and O–H groups in total. The van der Waals surface area contributed by atoms with Gasteiger partial charge in [0, 0.05) is 53.9 Å². The lowest BCUT2D eigenvalue weighted by atomic mass is 9.91. The molecule has 1 aliphatic carbocycles. The number of carbonyl (C=O) groups is 1. The minimum atomic E-state index is -0.407. The summed E-state index contributed by atoms with van der Waals surface area (Å²) in [7, 11) is 0. The third-order valence-corrected chi connectivity index (χ3v) is 7.28. The van der Waals surface area contributed by atoms with Crippen LogP contribution in [0.2, 0.25) is 0 Å². The van der Waals surface area contributed by atoms with Gasteiger partial charge < -0.3 is 20.5 Å². The molecule has 2 unspecified atom stereocenters. The molecular formula is C28H30FN7O. The van der Waals surface area contributed by atoms with Crippen LogP contribution in [-0.2, 0) is 0 Å². The van der Waals surface area contributed by atoms with Crippen molar-refractivity contribution in [2.45, 2.75) is 50.6 Å². The lowest BCUT2D eigenvalue weighted by Gasteiger charge is -2.32. The van der Waals surface area contributed by atoms with Crippen LogP contribution in [0.5, 0.6) is 0 Å². The molecule has 2 atom stereocenters. The van der Waals surface area contributed by atoms with Crippen molar-refractivity contribution in [2.75, 3.05) is 18.4 Å². The SMILES string of the molecule is O=C(NC1CCCC(Nc2cc(-c3ccccc3)nc(-c3c[nH]c4ncc(F)cc34)n2)C1)N1CCCC1. The largest absolute Gasteiger partial charge is 0.367 e. The van der Waals surface area contributed by atoms with Crippen molar-refractivity contribution in [3.63, 3.8) is 0 Å². The highest BCUT2D eigenvalue weighted by Crippen LogP contribution is 2.30. The molecule has 1 aliphatic heterocycles. The van der Waals surface area contributed by atoms with Gasteiger partial charge in [-0.15, -0.1) is 0 Å². The van der Waals surface area contributed by atoms with Gasteiger partial charge in [-0.05, 0) is 44.6 Å². The van der Waals surface area contributed by atoms with Crippen LogP contribution in [0.15, 0.2) is 54.9 Å². The second kappa shape index (κ2) is 10.2. The second-order valence-electron chi connectivity index (χ2n) is 9.93. The zero-order valence-electron chi connectivity index (χ0n) is 20.6. The molecule has 3 aromatic heterocycles. The summed E-state index contributed by atoms with van der Waals surface area (Å²) >= 11 is 0. The Morgan fingerprint density at radius 3 is 2.68 bits per heavy atom. The fraction of sp³-hybridized carbons (Fsp3) is 0.357. The predicted molar refractivity (Wildman–Crippen MR) is 142 cm³/mol. The maximum Gasteiger partial charge on any atom is 0.317 e. The number of urea groups is 1. The van der Waals surface area contributed by atoms with E-state index in [1.165, 1.54) is 12.3 Å². The van der Waals surface area contributed by atoms with Crippen molar-refractivity contribution in [3.8, 4) is 22.6 Å². The number of fused-ring (bicyclic) bond motifs is 1. The molecule has 2 fully saturated rings. The first-order valence-corrected chi connectivity index (χ1v) is 13.0. The normalized spacial score (nSPS) is 19.8. The van der Waals surface area contributed by atoms with Gasteiger partial charge in [0.05, 0.1) is 11.9 Å². The quantitative estimate of drug-likeness (QED) is 0.344. The maximum absolute atomic E-state index is 14.0. The van der Waals surface area contributed by atoms with Crippen LogP contribution >= 0.6 is 0 Å². The molecule has 0 radical (unpaired) electrons. The van der Waals surface area contributed by atoms with Crippen molar-refractivity contribution in [1.29, 1.82) is 0 Å². The Hall–Kier alpha value is -4.01. The molecule has 2 amide bonds. The average molecular weight is 500 g/mol. The first-order chi connectivity index (χ1) is 18.1. The minimum absolute atomic E-state index is 0.0546. The van der Waals surface area contributed by atoms with Gasteiger partial charge in [0.25, 0.3) is 0 Å². The zero-order chi connectivity index (χ0) is 25.2. The van der Waals surface area contributed by atoms with E-state index in [0.717, 1.165) is 62.9 Å². The Bertz CT molecular complexity index is 1400. The molecule has 0 bridgehead atoms. The number of halogens is 1. The molecule has 1 saturated heterocycles. The highest BCUT2D eigenvalue weighted by atomic mass is 19.1. The number of hydrogen-bond donors (Lipinski definition) is 3. The predicted octanol–water partition coefficient (Wildman–Crippen LogP) is 5.35. The molecule has 1 aromatic carbocycles. The zero-order valence-corrected chi connectivity index (χ0v) is 20.6. The number of hydrogen-bond acceptors (Lipinski definition) is 5. The number of pyridine rings is 1. The number of H-pyrrole nitrogens is 1. The van der Waals surface area contributed by atoms with Crippen LogP contribution in [0.1, 0.15) is 38.5 Å². The number of anilines is 1. The Kier molecular flexibility index (Phi) is 6.42. The summed E-state index contributed by atoms with van der Waals surface area (Å²) < 4.78 is 14.0. The molecule has 37 heavy (non-hydrogen) atoms. The van der Waals surface area contributed by atoms with Gasteiger partial charge in [0.1, 0.15) is 17.3 Å². The van der Waals surface area contributed by atoms with Crippen molar-refractivity contribution in [3.05, 3.63) is 60.7 Å². The molecule has 6 rings (SSSR count). The molecule has 4 heterocycles. The summed E-state index contributed by atoms with van der Waals surface area (Å²) in [6, 6.07) is 13.7. The van der Waals surface area contributed by atoms with E-state index in [1.807, 2.05) is 41.3 Å². The van der Waals surface area contributed by atoms with Crippen LogP contribution in [0, 0.1) is 5.82 Å². The average Bonchev–Trinajstić information content (AvgIpc) is 3.60.